The fraction of sp³-hybridized carbons (Fsp3) is 0.733. The standard InChI is InChI=1S/C15H24BrN3O/c1-3-9-20-14-10-12(2)17-15(18-14)19-8-4-5-13(11-19)6-7-16/h10,13H,3-9,11H2,1-2H3. The summed E-state index contributed by atoms with van der Waals surface area (Å²) in [5, 5.41) is 1.07. The van der Waals surface area contributed by atoms with Gasteiger partial charge in [-0.3, -0.25) is 0 Å². The number of aromatic nitrogens is 2. The van der Waals surface area contributed by atoms with E-state index in [-0.39, 0.29) is 0 Å². The number of rotatable bonds is 6. The van der Waals surface area contributed by atoms with E-state index in [0.717, 1.165) is 42.4 Å². The molecule has 2 heterocycles. The minimum atomic E-state index is 0.706. The fourth-order valence-corrected chi connectivity index (χ4v) is 3.23. The van der Waals surface area contributed by atoms with Gasteiger partial charge in [-0.2, -0.15) is 4.98 Å². The summed E-state index contributed by atoms with van der Waals surface area (Å²) in [6.45, 7) is 6.92. The molecule has 112 valence electrons. The van der Waals surface area contributed by atoms with E-state index in [4.69, 9.17) is 4.74 Å². The minimum absolute atomic E-state index is 0.706. The largest absolute Gasteiger partial charge is 0.478 e. The van der Waals surface area contributed by atoms with E-state index in [9.17, 15) is 0 Å². The van der Waals surface area contributed by atoms with Crippen LogP contribution in [-0.2, 0) is 0 Å². The van der Waals surface area contributed by atoms with E-state index >= 15 is 0 Å². The normalized spacial score (nSPS) is 19.1. The Bertz CT molecular complexity index is 426. The molecule has 5 heteroatoms. The van der Waals surface area contributed by atoms with Gasteiger partial charge in [0.1, 0.15) is 0 Å². The summed E-state index contributed by atoms with van der Waals surface area (Å²) in [5.41, 5.74) is 0.976. The number of halogens is 1. The highest BCUT2D eigenvalue weighted by Gasteiger charge is 2.22. The molecule has 1 saturated heterocycles. The lowest BCUT2D eigenvalue weighted by atomic mass is 9.96. The molecule has 1 aliphatic heterocycles. The summed E-state index contributed by atoms with van der Waals surface area (Å²) in [4.78, 5) is 11.5. The van der Waals surface area contributed by atoms with E-state index < -0.39 is 0 Å². The Morgan fingerprint density at radius 1 is 1.45 bits per heavy atom. The molecule has 1 atom stereocenters. The van der Waals surface area contributed by atoms with Crippen molar-refractivity contribution in [3.05, 3.63) is 11.8 Å². The lowest BCUT2D eigenvalue weighted by molar-refractivity contribution is 0.303. The van der Waals surface area contributed by atoms with Gasteiger partial charge in [-0.15, -0.1) is 0 Å². The highest BCUT2D eigenvalue weighted by molar-refractivity contribution is 9.09. The number of ether oxygens (including phenoxy) is 1. The molecule has 1 aromatic rings. The molecule has 1 aromatic heterocycles. The first-order valence-corrected chi connectivity index (χ1v) is 8.64. The Morgan fingerprint density at radius 2 is 2.30 bits per heavy atom. The number of nitrogens with zero attached hydrogens (tertiary/aromatic N) is 3. The summed E-state index contributed by atoms with van der Waals surface area (Å²) in [7, 11) is 0. The van der Waals surface area contributed by atoms with Crippen LogP contribution in [0.4, 0.5) is 5.95 Å². The molecular formula is C15H24BrN3O. The van der Waals surface area contributed by atoms with Crippen molar-refractivity contribution in [1.82, 2.24) is 9.97 Å². The number of hydrogen-bond acceptors (Lipinski definition) is 4. The van der Waals surface area contributed by atoms with E-state index in [1.165, 1.54) is 19.3 Å². The maximum absolute atomic E-state index is 5.66. The van der Waals surface area contributed by atoms with Crippen LogP contribution in [0.2, 0.25) is 0 Å². The summed E-state index contributed by atoms with van der Waals surface area (Å²) < 4.78 is 5.66. The zero-order valence-corrected chi connectivity index (χ0v) is 14.0. The van der Waals surface area contributed by atoms with Crippen molar-refractivity contribution in [2.75, 3.05) is 29.9 Å². The van der Waals surface area contributed by atoms with Crippen molar-refractivity contribution in [3.8, 4) is 5.88 Å². The summed E-state index contributed by atoms with van der Waals surface area (Å²) >= 11 is 3.54. The lowest BCUT2D eigenvalue weighted by Gasteiger charge is -2.32. The molecule has 0 radical (unpaired) electrons. The second-order valence-corrected chi connectivity index (χ2v) is 6.22. The first-order valence-electron chi connectivity index (χ1n) is 7.52. The SMILES string of the molecule is CCCOc1cc(C)nc(N2CCCC(CCBr)C2)n1. The van der Waals surface area contributed by atoms with Gasteiger partial charge < -0.3 is 9.64 Å². The van der Waals surface area contributed by atoms with E-state index in [0.29, 0.717) is 12.5 Å². The van der Waals surface area contributed by atoms with E-state index in [2.05, 4.69) is 37.7 Å². The minimum Gasteiger partial charge on any atom is -0.478 e. The van der Waals surface area contributed by atoms with Gasteiger partial charge in [0, 0.05) is 30.2 Å². The molecule has 0 N–H and O–H groups in total. The summed E-state index contributed by atoms with van der Waals surface area (Å²) in [6, 6.07) is 1.92. The summed E-state index contributed by atoms with van der Waals surface area (Å²) in [6.07, 6.45) is 4.75. The molecule has 1 aliphatic rings. The predicted octanol–water partition coefficient (Wildman–Crippen LogP) is 3.58. The highest BCUT2D eigenvalue weighted by atomic mass is 79.9. The summed E-state index contributed by atoms with van der Waals surface area (Å²) in [5.74, 6) is 2.28. The molecule has 2 rings (SSSR count). The van der Waals surface area contributed by atoms with Gasteiger partial charge in [0.25, 0.3) is 0 Å². The molecule has 0 spiro atoms. The fourth-order valence-electron chi connectivity index (χ4n) is 2.58. The molecule has 0 saturated carbocycles. The van der Waals surface area contributed by atoms with Crippen molar-refractivity contribution < 1.29 is 4.74 Å². The predicted molar refractivity (Wildman–Crippen MR) is 85.9 cm³/mol. The van der Waals surface area contributed by atoms with E-state index in [1.54, 1.807) is 0 Å². The van der Waals surface area contributed by atoms with Crippen molar-refractivity contribution in [1.29, 1.82) is 0 Å². The van der Waals surface area contributed by atoms with Crippen molar-refractivity contribution in [2.45, 2.75) is 39.5 Å². The number of alkyl halides is 1. The van der Waals surface area contributed by atoms with Crippen LogP contribution in [0.5, 0.6) is 5.88 Å². The zero-order chi connectivity index (χ0) is 14.4. The first-order chi connectivity index (χ1) is 9.72. The Morgan fingerprint density at radius 3 is 3.05 bits per heavy atom. The Hall–Kier alpha value is -0.840. The average Bonchev–Trinajstić information content (AvgIpc) is 2.45. The second kappa shape index (κ2) is 7.81. The average molecular weight is 342 g/mol. The van der Waals surface area contributed by atoms with Crippen LogP contribution in [0.3, 0.4) is 0 Å². The monoisotopic (exact) mass is 341 g/mol. The lowest BCUT2D eigenvalue weighted by Crippen LogP contribution is -2.36. The first kappa shape index (κ1) is 15.5. The molecular weight excluding hydrogens is 318 g/mol. The maximum atomic E-state index is 5.66. The Balaban J connectivity index is 2.08. The van der Waals surface area contributed by atoms with Crippen LogP contribution in [0.15, 0.2) is 6.07 Å². The van der Waals surface area contributed by atoms with Crippen molar-refractivity contribution in [2.24, 2.45) is 5.92 Å². The topological polar surface area (TPSA) is 38.2 Å². The van der Waals surface area contributed by atoms with Crippen LogP contribution in [0.25, 0.3) is 0 Å². The second-order valence-electron chi connectivity index (χ2n) is 5.43. The number of aryl methyl sites for hydroxylation is 1. The third-order valence-corrected chi connectivity index (χ3v) is 4.05. The van der Waals surface area contributed by atoms with Crippen LogP contribution in [0, 0.1) is 12.8 Å². The molecule has 0 amide bonds. The van der Waals surface area contributed by atoms with Gasteiger partial charge in [0.05, 0.1) is 6.61 Å². The third kappa shape index (κ3) is 4.33. The highest BCUT2D eigenvalue weighted by Crippen LogP contribution is 2.24. The van der Waals surface area contributed by atoms with Gasteiger partial charge in [-0.05, 0) is 38.5 Å². The molecule has 0 bridgehead atoms. The molecule has 0 aliphatic carbocycles. The van der Waals surface area contributed by atoms with E-state index in [1.807, 2.05) is 13.0 Å². The van der Waals surface area contributed by atoms with Crippen LogP contribution < -0.4 is 9.64 Å². The number of piperidine rings is 1. The number of anilines is 1. The van der Waals surface area contributed by atoms with Gasteiger partial charge in [0.15, 0.2) is 0 Å². The molecule has 4 nitrogen and oxygen atoms in total. The van der Waals surface area contributed by atoms with Crippen LogP contribution in [-0.4, -0.2) is 35.0 Å². The van der Waals surface area contributed by atoms with Gasteiger partial charge in [0.2, 0.25) is 11.8 Å². The van der Waals surface area contributed by atoms with Gasteiger partial charge in [-0.25, -0.2) is 4.98 Å². The van der Waals surface area contributed by atoms with Gasteiger partial charge >= 0.3 is 0 Å². The Labute approximate surface area is 130 Å². The third-order valence-electron chi connectivity index (χ3n) is 3.59. The van der Waals surface area contributed by atoms with Crippen molar-refractivity contribution in [3.63, 3.8) is 0 Å². The molecule has 1 unspecified atom stereocenters. The smallest absolute Gasteiger partial charge is 0.228 e. The maximum Gasteiger partial charge on any atom is 0.228 e. The Kier molecular flexibility index (Phi) is 6.07. The molecule has 20 heavy (non-hydrogen) atoms. The van der Waals surface area contributed by atoms with Crippen molar-refractivity contribution >= 4 is 21.9 Å². The molecule has 0 aromatic carbocycles. The van der Waals surface area contributed by atoms with Crippen LogP contribution >= 0.6 is 15.9 Å². The van der Waals surface area contributed by atoms with Crippen LogP contribution in [0.1, 0.15) is 38.3 Å². The van der Waals surface area contributed by atoms with Gasteiger partial charge in [-0.1, -0.05) is 22.9 Å². The molecule has 1 fully saturated rings. The quantitative estimate of drug-likeness (QED) is 0.741. The number of hydrogen-bond donors (Lipinski definition) is 0. The zero-order valence-electron chi connectivity index (χ0n) is 12.4.